The maximum atomic E-state index is 9.51. The van der Waals surface area contributed by atoms with Crippen LogP contribution in [0.2, 0.25) is 0 Å². The van der Waals surface area contributed by atoms with Crippen molar-refractivity contribution < 1.29 is 5.11 Å². The zero-order valence-electron chi connectivity index (χ0n) is 14.2. The van der Waals surface area contributed by atoms with Gasteiger partial charge in [-0.15, -0.1) is 16.4 Å². The van der Waals surface area contributed by atoms with Crippen LogP contribution in [0.1, 0.15) is 41.9 Å². The number of aromatic nitrogens is 4. The molecular formula is C19H18N4OS. The van der Waals surface area contributed by atoms with Crippen molar-refractivity contribution in [3.05, 3.63) is 40.5 Å². The van der Waals surface area contributed by atoms with Crippen LogP contribution in [0.4, 0.5) is 0 Å². The molecule has 0 saturated heterocycles. The molecule has 25 heavy (non-hydrogen) atoms. The Labute approximate surface area is 149 Å². The minimum absolute atomic E-state index is 0.244. The molecule has 0 aliphatic heterocycles. The lowest BCUT2D eigenvalue weighted by Gasteiger charge is -2.18. The van der Waals surface area contributed by atoms with Crippen molar-refractivity contribution in [3.8, 4) is 17.1 Å². The molecule has 1 aliphatic rings. The van der Waals surface area contributed by atoms with Crippen LogP contribution in [0.25, 0.3) is 27.3 Å². The molecule has 3 aromatic heterocycles. The quantitative estimate of drug-likeness (QED) is 0.550. The van der Waals surface area contributed by atoms with Crippen molar-refractivity contribution in [1.82, 2.24) is 19.6 Å². The Balaban J connectivity index is 1.82. The molecule has 0 amide bonds. The van der Waals surface area contributed by atoms with Gasteiger partial charge in [-0.2, -0.15) is 4.52 Å². The van der Waals surface area contributed by atoms with Crippen molar-refractivity contribution in [2.75, 3.05) is 0 Å². The summed E-state index contributed by atoms with van der Waals surface area (Å²) in [5, 5.41) is 15.4. The molecule has 6 heteroatoms. The minimum Gasteiger partial charge on any atom is -0.508 e. The number of aromatic hydroxyl groups is 1. The van der Waals surface area contributed by atoms with Gasteiger partial charge < -0.3 is 5.11 Å². The van der Waals surface area contributed by atoms with Gasteiger partial charge in [-0.3, -0.25) is 0 Å². The average molecular weight is 350 g/mol. The lowest BCUT2D eigenvalue weighted by atomic mass is 9.87. The summed E-state index contributed by atoms with van der Waals surface area (Å²) >= 11 is 1.81. The van der Waals surface area contributed by atoms with Crippen LogP contribution in [0.5, 0.6) is 5.75 Å². The lowest BCUT2D eigenvalue weighted by Crippen LogP contribution is -2.05. The molecule has 5 nitrogen and oxygen atoms in total. The van der Waals surface area contributed by atoms with Gasteiger partial charge in [-0.25, -0.2) is 9.97 Å². The molecule has 1 atom stereocenters. The van der Waals surface area contributed by atoms with Crippen LogP contribution in [-0.4, -0.2) is 24.7 Å². The van der Waals surface area contributed by atoms with E-state index in [1.165, 1.54) is 28.7 Å². The van der Waals surface area contributed by atoms with Gasteiger partial charge in [0.1, 0.15) is 16.4 Å². The first-order valence-corrected chi connectivity index (χ1v) is 9.41. The summed E-state index contributed by atoms with van der Waals surface area (Å²) < 4.78 is 1.86. The van der Waals surface area contributed by atoms with Crippen LogP contribution in [0.3, 0.4) is 0 Å². The van der Waals surface area contributed by atoms with Crippen molar-refractivity contribution in [1.29, 1.82) is 0 Å². The van der Waals surface area contributed by atoms with E-state index in [9.17, 15) is 5.11 Å². The Bertz CT molecular complexity index is 1110. The molecule has 5 rings (SSSR count). The van der Waals surface area contributed by atoms with E-state index in [4.69, 9.17) is 9.97 Å². The Morgan fingerprint density at radius 1 is 1.20 bits per heavy atom. The fraction of sp³-hybridized carbons (Fsp3) is 0.316. The minimum atomic E-state index is 0.244. The van der Waals surface area contributed by atoms with E-state index in [0.29, 0.717) is 11.7 Å². The van der Waals surface area contributed by atoms with E-state index >= 15 is 0 Å². The average Bonchev–Trinajstić information content (AvgIpc) is 3.17. The monoisotopic (exact) mass is 350 g/mol. The van der Waals surface area contributed by atoms with E-state index in [1.54, 1.807) is 12.1 Å². The second kappa shape index (κ2) is 5.26. The molecule has 1 aliphatic carbocycles. The lowest BCUT2D eigenvalue weighted by molar-refractivity contribution is 0.475. The maximum absolute atomic E-state index is 9.51. The number of phenolic OH excluding ortho intramolecular Hbond substituents is 1. The van der Waals surface area contributed by atoms with Gasteiger partial charge in [0, 0.05) is 10.4 Å². The Morgan fingerprint density at radius 3 is 2.80 bits per heavy atom. The maximum Gasteiger partial charge on any atom is 0.182 e. The number of nitrogens with zero attached hydrogens (tertiary/aromatic N) is 4. The summed E-state index contributed by atoms with van der Waals surface area (Å²) in [7, 11) is 0. The number of hydrogen-bond donors (Lipinski definition) is 1. The highest BCUT2D eigenvalue weighted by Crippen LogP contribution is 2.43. The van der Waals surface area contributed by atoms with E-state index in [2.05, 4.69) is 12.0 Å². The smallest absolute Gasteiger partial charge is 0.182 e. The summed E-state index contributed by atoms with van der Waals surface area (Å²) in [6.07, 6.45) is 3.62. The number of phenols is 1. The Hall–Kier alpha value is -2.47. The number of aryl methyl sites for hydroxylation is 2. The van der Waals surface area contributed by atoms with Crippen LogP contribution in [0.15, 0.2) is 24.3 Å². The second-order valence-electron chi connectivity index (χ2n) is 6.79. The van der Waals surface area contributed by atoms with Gasteiger partial charge in [0.05, 0.1) is 5.39 Å². The predicted molar refractivity (Wildman–Crippen MR) is 99.4 cm³/mol. The third-order valence-corrected chi connectivity index (χ3v) is 6.22. The highest BCUT2D eigenvalue weighted by atomic mass is 32.1. The molecular weight excluding hydrogens is 332 g/mol. The van der Waals surface area contributed by atoms with Crippen molar-refractivity contribution in [3.63, 3.8) is 0 Å². The third-order valence-electron chi connectivity index (χ3n) is 5.06. The van der Waals surface area contributed by atoms with Crippen LogP contribution in [-0.2, 0) is 6.42 Å². The van der Waals surface area contributed by atoms with Gasteiger partial charge in [0.2, 0.25) is 0 Å². The third kappa shape index (κ3) is 2.17. The number of fused-ring (bicyclic) bond motifs is 5. The van der Waals surface area contributed by atoms with E-state index < -0.39 is 0 Å². The van der Waals surface area contributed by atoms with Gasteiger partial charge in [-0.1, -0.05) is 6.92 Å². The highest BCUT2D eigenvalue weighted by Gasteiger charge is 2.26. The van der Waals surface area contributed by atoms with E-state index in [1.807, 2.05) is 34.9 Å². The number of rotatable bonds is 1. The normalized spacial score (nSPS) is 17.3. The van der Waals surface area contributed by atoms with Crippen molar-refractivity contribution in [2.24, 2.45) is 0 Å². The zero-order chi connectivity index (χ0) is 17.1. The summed E-state index contributed by atoms with van der Waals surface area (Å²) in [4.78, 5) is 12.2. The van der Waals surface area contributed by atoms with Gasteiger partial charge >= 0.3 is 0 Å². The zero-order valence-corrected chi connectivity index (χ0v) is 15.0. The largest absolute Gasteiger partial charge is 0.508 e. The molecule has 126 valence electrons. The molecule has 1 N–H and O–H groups in total. The first-order valence-electron chi connectivity index (χ1n) is 8.60. The van der Waals surface area contributed by atoms with Crippen molar-refractivity contribution in [2.45, 2.75) is 39.0 Å². The molecule has 4 aromatic rings. The van der Waals surface area contributed by atoms with E-state index in [0.717, 1.165) is 28.3 Å². The van der Waals surface area contributed by atoms with Gasteiger partial charge in [-0.05, 0) is 61.9 Å². The molecule has 3 heterocycles. The number of benzene rings is 1. The van der Waals surface area contributed by atoms with Crippen LogP contribution in [0, 0.1) is 6.92 Å². The molecule has 1 aromatic carbocycles. The molecule has 0 unspecified atom stereocenters. The van der Waals surface area contributed by atoms with E-state index in [-0.39, 0.29) is 5.75 Å². The van der Waals surface area contributed by atoms with Gasteiger partial charge in [0.15, 0.2) is 11.5 Å². The fourth-order valence-corrected chi connectivity index (χ4v) is 5.19. The Morgan fingerprint density at radius 2 is 2.00 bits per heavy atom. The fourth-order valence-electron chi connectivity index (χ4n) is 3.82. The number of thiophene rings is 1. The molecule has 0 radical (unpaired) electrons. The van der Waals surface area contributed by atoms with Crippen LogP contribution >= 0.6 is 11.3 Å². The first-order chi connectivity index (χ1) is 12.1. The molecule has 0 spiro atoms. The second-order valence-corrected chi connectivity index (χ2v) is 7.87. The number of hydrogen-bond acceptors (Lipinski definition) is 5. The standard InChI is InChI=1S/C19H18N4OS/c1-10-4-3-5-14-15(10)16-18-21-17(12-6-8-13(24)9-7-12)22-23(18)11(2)20-19(16)25-14/h6-10,24H,3-5H2,1-2H3/t10-/m1/s1. The summed E-state index contributed by atoms with van der Waals surface area (Å²) in [5.41, 5.74) is 3.22. The topological polar surface area (TPSA) is 63.3 Å². The van der Waals surface area contributed by atoms with Gasteiger partial charge in [0.25, 0.3) is 0 Å². The molecule has 0 saturated carbocycles. The SMILES string of the molecule is Cc1nc2sc3c(c2c2nc(-c4ccc(O)cc4)nn12)[C@H](C)CCC3. The predicted octanol–water partition coefficient (Wildman–Crippen LogP) is 4.46. The Kier molecular flexibility index (Phi) is 3.12. The summed E-state index contributed by atoms with van der Waals surface area (Å²) in [6, 6.07) is 7.01. The highest BCUT2D eigenvalue weighted by molar-refractivity contribution is 7.19. The van der Waals surface area contributed by atoms with Crippen molar-refractivity contribution >= 4 is 27.2 Å². The molecule has 0 bridgehead atoms. The first kappa shape index (κ1) is 14.8. The summed E-state index contributed by atoms with van der Waals surface area (Å²) in [6.45, 7) is 4.28. The molecule has 0 fully saturated rings. The summed E-state index contributed by atoms with van der Waals surface area (Å²) in [5.74, 6) is 2.31. The van der Waals surface area contributed by atoms with Crippen LogP contribution < -0.4 is 0 Å².